The topological polar surface area (TPSA) is 55.2 Å². The molecule has 0 aliphatic carbocycles. The van der Waals surface area contributed by atoms with Crippen LogP contribution >= 0.6 is 27.5 Å². The van der Waals surface area contributed by atoms with Crippen molar-refractivity contribution >= 4 is 37.6 Å². The van der Waals surface area contributed by atoms with Gasteiger partial charge in [0.2, 0.25) is 0 Å². The summed E-state index contributed by atoms with van der Waals surface area (Å²) < 4.78 is 28.1. The Labute approximate surface area is 120 Å². The SMILES string of the molecule is CC1CCN(S(=O)(=O)c2c(Cl)cnn2C)C1CBr. The second-order valence-corrected chi connectivity index (χ2v) is 7.39. The van der Waals surface area contributed by atoms with E-state index in [1.165, 1.54) is 15.2 Å². The Hall–Kier alpha value is -0.110. The Kier molecular flexibility index (Phi) is 4.06. The van der Waals surface area contributed by atoms with Gasteiger partial charge in [0.1, 0.15) is 0 Å². The van der Waals surface area contributed by atoms with Crippen molar-refractivity contribution in [1.29, 1.82) is 0 Å². The Bertz CT molecular complexity index is 526. The molecule has 18 heavy (non-hydrogen) atoms. The maximum Gasteiger partial charge on any atom is 0.262 e. The smallest absolute Gasteiger partial charge is 0.255 e. The van der Waals surface area contributed by atoms with Gasteiger partial charge in [-0.3, -0.25) is 4.68 Å². The highest BCUT2D eigenvalue weighted by molar-refractivity contribution is 9.09. The second kappa shape index (κ2) is 5.11. The summed E-state index contributed by atoms with van der Waals surface area (Å²) in [5, 5.41) is 4.76. The van der Waals surface area contributed by atoms with Crippen molar-refractivity contribution in [1.82, 2.24) is 14.1 Å². The molecule has 2 rings (SSSR count). The van der Waals surface area contributed by atoms with E-state index in [0.29, 0.717) is 17.8 Å². The van der Waals surface area contributed by atoms with Crippen LogP contribution in [0.1, 0.15) is 13.3 Å². The summed E-state index contributed by atoms with van der Waals surface area (Å²) in [5.74, 6) is 0.339. The molecule has 0 aromatic carbocycles. The molecule has 2 unspecified atom stereocenters. The quantitative estimate of drug-likeness (QED) is 0.777. The van der Waals surface area contributed by atoms with E-state index in [4.69, 9.17) is 11.6 Å². The lowest BCUT2D eigenvalue weighted by Crippen LogP contribution is -2.39. The first-order chi connectivity index (χ1) is 8.39. The van der Waals surface area contributed by atoms with Crippen molar-refractivity contribution in [2.24, 2.45) is 13.0 Å². The van der Waals surface area contributed by atoms with Gasteiger partial charge in [0, 0.05) is 25.0 Å². The van der Waals surface area contributed by atoms with Crippen LogP contribution < -0.4 is 0 Å². The highest BCUT2D eigenvalue weighted by atomic mass is 79.9. The summed E-state index contributed by atoms with van der Waals surface area (Å²) in [6, 6.07) is -0.0269. The normalized spacial score (nSPS) is 25.8. The van der Waals surface area contributed by atoms with Crippen LogP contribution in [0.5, 0.6) is 0 Å². The van der Waals surface area contributed by atoms with Gasteiger partial charge in [-0.25, -0.2) is 8.42 Å². The molecule has 1 saturated heterocycles. The summed E-state index contributed by atoms with van der Waals surface area (Å²) in [4.78, 5) is 0. The number of aromatic nitrogens is 2. The third-order valence-electron chi connectivity index (χ3n) is 3.39. The standard InChI is InChI=1S/C10H15BrClN3O2S/c1-7-3-4-15(9(7)5-11)18(16,17)10-8(12)6-13-14(10)2/h6-7,9H,3-5H2,1-2H3. The molecule has 0 spiro atoms. The third kappa shape index (κ3) is 2.21. The molecule has 0 saturated carbocycles. The lowest BCUT2D eigenvalue weighted by molar-refractivity contribution is 0.374. The van der Waals surface area contributed by atoms with Crippen LogP contribution in [0.4, 0.5) is 0 Å². The highest BCUT2D eigenvalue weighted by Crippen LogP contribution is 2.33. The molecule has 1 aromatic rings. The number of rotatable bonds is 3. The van der Waals surface area contributed by atoms with Crippen molar-refractivity contribution in [3.8, 4) is 0 Å². The minimum absolute atomic E-state index is 0.0269. The third-order valence-corrected chi connectivity index (χ3v) is 6.48. The van der Waals surface area contributed by atoms with Gasteiger partial charge in [0.15, 0.2) is 5.03 Å². The highest BCUT2D eigenvalue weighted by Gasteiger charge is 2.41. The molecule has 0 N–H and O–H groups in total. The zero-order valence-corrected chi connectivity index (χ0v) is 13.3. The van der Waals surface area contributed by atoms with E-state index in [-0.39, 0.29) is 16.1 Å². The fourth-order valence-corrected chi connectivity index (χ4v) is 5.83. The zero-order valence-electron chi connectivity index (χ0n) is 10.2. The number of nitrogens with zero attached hydrogens (tertiary/aromatic N) is 3. The summed E-state index contributed by atoms with van der Waals surface area (Å²) in [6.45, 7) is 2.59. The molecular formula is C10H15BrClN3O2S. The molecule has 1 aliphatic heterocycles. The number of hydrogen-bond donors (Lipinski definition) is 0. The predicted molar refractivity (Wildman–Crippen MR) is 73.5 cm³/mol. The van der Waals surface area contributed by atoms with E-state index in [9.17, 15) is 8.42 Å². The first-order valence-electron chi connectivity index (χ1n) is 5.65. The first-order valence-corrected chi connectivity index (χ1v) is 8.59. The van der Waals surface area contributed by atoms with Crippen LogP contribution in [-0.4, -0.2) is 40.4 Å². The largest absolute Gasteiger partial charge is 0.262 e. The maximum absolute atomic E-state index is 12.6. The molecule has 0 bridgehead atoms. The van der Waals surface area contributed by atoms with Crippen LogP contribution in [0, 0.1) is 5.92 Å². The number of sulfonamides is 1. The summed E-state index contributed by atoms with van der Waals surface area (Å²) in [5.41, 5.74) is 0. The van der Waals surface area contributed by atoms with E-state index < -0.39 is 10.0 Å². The van der Waals surface area contributed by atoms with E-state index in [1.54, 1.807) is 7.05 Å². The number of halogens is 2. The minimum atomic E-state index is -3.58. The Morgan fingerprint density at radius 2 is 2.28 bits per heavy atom. The lowest BCUT2D eigenvalue weighted by atomic mass is 10.1. The molecule has 1 aromatic heterocycles. The molecule has 2 atom stereocenters. The van der Waals surface area contributed by atoms with Crippen molar-refractivity contribution in [2.75, 3.05) is 11.9 Å². The van der Waals surface area contributed by atoms with E-state index in [2.05, 4.69) is 28.0 Å². The van der Waals surface area contributed by atoms with Gasteiger partial charge in [-0.1, -0.05) is 34.5 Å². The molecule has 0 amide bonds. The van der Waals surface area contributed by atoms with Crippen LogP contribution in [0.15, 0.2) is 11.2 Å². The van der Waals surface area contributed by atoms with E-state index in [0.717, 1.165) is 6.42 Å². The van der Waals surface area contributed by atoms with Gasteiger partial charge in [-0.05, 0) is 12.3 Å². The Morgan fingerprint density at radius 3 is 2.78 bits per heavy atom. The molecule has 2 heterocycles. The number of aryl methyl sites for hydroxylation is 1. The molecule has 8 heteroatoms. The molecule has 1 fully saturated rings. The summed E-state index contributed by atoms with van der Waals surface area (Å²) >= 11 is 9.32. The van der Waals surface area contributed by atoms with Crippen LogP contribution in [0.25, 0.3) is 0 Å². The van der Waals surface area contributed by atoms with E-state index >= 15 is 0 Å². The van der Waals surface area contributed by atoms with Crippen LogP contribution in [-0.2, 0) is 17.1 Å². The average molecular weight is 357 g/mol. The maximum atomic E-state index is 12.6. The summed E-state index contributed by atoms with van der Waals surface area (Å²) in [7, 11) is -1.99. The predicted octanol–water partition coefficient (Wildman–Crippen LogP) is 1.87. The van der Waals surface area contributed by atoms with Gasteiger partial charge in [-0.15, -0.1) is 0 Å². The van der Waals surface area contributed by atoms with Crippen molar-refractivity contribution in [3.05, 3.63) is 11.2 Å². The van der Waals surface area contributed by atoms with Crippen molar-refractivity contribution in [2.45, 2.75) is 24.4 Å². The van der Waals surface area contributed by atoms with Crippen LogP contribution in [0.3, 0.4) is 0 Å². The monoisotopic (exact) mass is 355 g/mol. The Balaban J connectivity index is 2.44. The first kappa shape index (κ1) is 14.3. The molecule has 0 radical (unpaired) electrons. The molecule has 102 valence electrons. The lowest BCUT2D eigenvalue weighted by Gasteiger charge is -2.24. The van der Waals surface area contributed by atoms with Gasteiger partial charge < -0.3 is 0 Å². The Morgan fingerprint density at radius 1 is 1.61 bits per heavy atom. The minimum Gasteiger partial charge on any atom is -0.255 e. The van der Waals surface area contributed by atoms with Gasteiger partial charge >= 0.3 is 0 Å². The summed E-state index contributed by atoms with van der Waals surface area (Å²) in [6.07, 6.45) is 2.22. The number of hydrogen-bond acceptors (Lipinski definition) is 3. The van der Waals surface area contributed by atoms with Gasteiger partial charge in [-0.2, -0.15) is 9.40 Å². The molecular weight excluding hydrogens is 342 g/mol. The zero-order chi connectivity index (χ0) is 13.5. The van der Waals surface area contributed by atoms with Gasteiger partial charge in [0.25, 0.3) is 10.0 Å². The average Bonchev–Trinajstić information content (AvgIpc) is 2.82. The fourth-order valence-electron chi connectivity index (χ4n) is 2.30. The van der Waals surface area contributed by atoms with Crippen molar-refractivity contribution in [3.63, 3.8) is 0 Å². The van der Waals surface area contributed by atoms with Gasteiger partial charge in [0.05, 0.1) is 11.2 Å². The van der Waals surface area contributed by atoms with Crippen LogP contribution in [0.2, 0.25) is 5.02 Å². The number of alkyl halides is 1. The second-order valence-electron chi connectivity index (χ2n) is 4.52. The van der Waals surface area contributed by atoms with Crippen molar-refractivity contribution < 1.29 is 8.42 Å². The fraction of sp³-hybridized carbons (Fsp3) is 0.700. The molecule has 5 nitrogen and oxygen atoms in total. The van der Waals surface area contributed by atoms with E-state index in [1.807, 2.05) is 0 Å². The molecule has 1 aliphatic rings.